The molecule has 0 amide bonds. The third kappa shape index (κ3) is 3.48. The molecule has 7 heteroatoms. The maximum Gasteiger partial charge on any atom is 0.379 e. The van der Waals surface area contributed by atoms with Gasteiger partial charge >= 0.3 is 5.97 Å². The van der Waals surface area contributed by atoms with Gasteiger partial charge < -0.3 is 15.4 Å². The Morgan fingerprint density at radius 3 is 2.50 bits per heavy atom. The second-order valence-corrected chi connectivity index (χ2v) is 5.97. The first kappa shape index (κ1) is 17.8. The maximum absolute atomic E-state index is 13.7. The lowest BCUT2D eigenvalue weighted by molar-refractivity contribution is -0.150. The molecule has 1 heterocycles. The smallest absolute Gasteiger partial charge is 0.379 e. The van der Waals surface area contributed by atoms with E-state index in [-0.39, 0.29) is 10.7 Å². The van der Waals surface area contributed by atoms with Crippen LogP contribution in [0.15, 0.2) is 60.2 Å². The first-order valence-corrected chi connectivity index (χ1v) is 8.17. The summed E-state index contributed by atoms with van der Waals surface area (Å²) in [6, 6.07) is 14.0. The van der Waals surface area contributed by atoms with Crippen LogP contribution >= 0.6 is 12.2 Å². The van der Waals surface area contributed by atoms with Gasteiger partial charge in [-0.25, -0.2) is 9.18 Å². The number of halogens is 1. The van der Waals surface area contributed by atoms with E-state index >= 15 is 0 Å². The number of ether oxygens (including phenoxy) is 1. The van der Waals surface area contributed by atoms with Gasteiger partial charge in [-0.1, -0.05) is 42.5 Å². The van der Waals surface area contributed by atoms with Gasteiger partial charge in [0.2, 0.25) is 0 Å². The van der Waals surface area contributed by atoms with Crippen molar-refractivity contribution in [3.05, 3.63) is 77.1 Å². The standard InChI is InChI=1S/C19H15FN2O3S/c1-25-18(24)17(23)14-15(11-6-3-2-4-7-11)21-19(26)22-16(14)12-8-5-9-13(20)10-12/h2-10,16H,1H3,(H2,21,22,26)/t16-/m0/s1. The Balaban J connectivity index is 2.23. The van der Waals surface area contributed by atoms with E-state index in [2.05, 4.69) is 15.4 Å². The van der Waals surface area contributed by atoms with Crippen LogP contribution in [0.25, 0.3) is 5.70 Å². The monoisotopic (exact) mass is 370 g/mol. The molecule has 0 spiro atoms. The van der Waals surface area contributed by atoms with E-state index < -0.39 is 23.6 Å². The van der Waals surface area contributed by atoms with Gasteiger partial charge in [0.25, 0.3) is 5.78 Å². The molecule has 0 fully saturated rings. The molecule has 2 N–H and O–H groups in total. The first-order chi connectivity index (χ1) is 12.5. The highest BCUT2D eigenvalue weighted by Crippen LogP contribution is 2.32. The summed E-state index contributed by atoms with van der Waals surface area (Å²) < 4.78 is 18.3. The summed E-state index contributed by atoms with van der Waals surface area (Å²) in [5, 5.41) is 6.13. The molecule has 0 unspecified atom stereocenters. The molecule has 5 nitrogen and oxygen atoms in total. The summed E-state index contributed by atoms with van der Waals surface area (Å²) >= 11 is 5.25. The van der Waals surface area contributed by atoms with E-state index in [0.717, 1.165) is 7.11 Å². The van der Waals surface area contributed by atoms with Crippen molar-refractivity contribution in [2.75, 3.05) is 7.11 Å². The Kier molecular flexibility index (Phi) is 5.09. The zero-order valence-corrected chi connectivity index (χ0v) is 14.6. The normalized spacial score (nSPS) is 16.5. The third-order valence-corrected chi connectivity index (χ3v) is 4.15. The molecule has 0 bridgehead atoms. The summed E-state index contributed by atoms with van der Waals surface area (Å²) in [6.07, 6.45) is 0. The molecule has 1 aliphatic rings. The van der Waals surface area contributed by atoms with Crippen molar-refractivity contribution in [1.29, 1.82) is 0 Å². The summed E-state index contributed by atoms with van der Waals surface area (Å²) in [6.45, 7) is 0. The molecule has 0 aliphatic carbocycles. The van der Waals surface area contributed by atoms with Crippen LogP contribution in [0.3, 0.4) is 0 Å². The van der Waals surface area contributed by atoms with Gasteiger partial charge in [0, 0.05) is 0 Å². The van der Waals surface area contributed by atoms with Crippen molar-refractivity contribution >= 4 is 34.8 Å². The molecule has 26 heavy (non-hydrogen) atoms. The lowest BCUT2D eigenvalue weighted by Crippen LogP contribution is -2.46. The third-order valence-electron chi connectivity index (χ3n) is 3.93. The number of ketones is 1. The number of nitrogens with one attached hydrogen (secondary N) is 2. The minimum Gasteiger partial charge on any atom is -0.463 e. The van der Waals surface area contributed by atoms with E-state index in [9.17, 15) is 14.0 Å². The second-order valence-electron chi connectivity index (χ2n) is 5.56. The molecular formula is C19H15FN2O3S. The molecule has 2 aromatic rings. The fraction of sp³-hybridized carbons (Fsp3) is 0.105. The van der Waals surface area contributed by atoms with Crippen LogP contribution in [0.2, 0.25) is 0 Å². The summed E-state index contributed by atoms with van der Waals surface area (Å²) in [7, 11) is 1.13. The fourth-order valence-corrected chi connectivity index (χ4v) is 3.00. The van der Waals surface area contributed by atoms with Crippen LogP contribution in [0, 0.1) is 5.82 Å². The number of methoxy groups -OCH3 is 1. The van der Waals surface area contributed by atoms with Gasteiger partial charge in [0.15, 0.2) is 5.11 Å². The predicted molar refractivity (Wildman–Crippen MR) is 98.4 cm³/mol. The Bertz CT molecular complexity index is 912. The van der Waals surface area contributed by atoms with Crippen molar-refractivity contribution in [2.45, 2.75) is 6.04 Å². The van der Waals surface area contributed by atoms with E-state index in [1.165, 1.54) is 18.2 Å². The molecule has 132 valence electrons. The lowest BCUT2D eigenvalue weighted by Gasteiger charge is -2.31. The summed E-state index contributed by atoms with van der Waals surface area (Å²) in [5.74, 6) is -2.30. The number of carbonyl (C=O) groups excluding carboxylic acids is 2. The molecule has 0 radical (unpaired) electrons. The Hall–Kier alpha value is -3.06. The highest BCUT2D eigenvalue weighted by atomic mass is 32.1. The topological polar surface area (TPSA) is 67.4 Å². The van der Waals surface area contributed by atoms with Crippen LogP contribution < -0.4 is 10.6 Å². The van der Waals surface area contributed by atoms with E-state index in [1.807, 2.05) is 6.07 Å². The molecule has 1 aliphatic heterocycles. The van der Waals surface area contributed by atoms with Crippen LogP contribution in [-0.2, 0) is 14.3 Å². The highest BCUT2D eigenvalue weighted by Gasteiger charge is 2.35. The zero-order chi connectivity index (χ0) is 18.7. The van der Waals surface area contributed by atoms with Gasteiger partial charge in [0.1, 0.15) is 5.82 Å². The van der Waals surface area contributed by atoms with Gasteiger partial charge in [-0.15, -0.1) is 0 Å². The lowest BCUT2D eigenvalue weighted by atomic mass is 9.90. The number of hydrogen-bond acceptors (Lipinski definition) is 4. The number of thiocarbonyl (C=S) groups is 1. The largest absolute Gasteiger partial charge is 0.463 e. The zero-order valence-electron chi connectivity index (χ0n) is 13.8. The molecule has 1 atom stereocenters. The molecule has 0 saturated heterocycles. The number of rotatable bonds is 4. The molecule has 2 aromatic carbocycles. The first-order valence-electron chi connectivity index (χ1n) is 7.76. The summed E-state index contributed by atoms with van der Waals surface area (Å²) in [5.41, 5.74) is 1.64. The van der Waals surface area contributed by atoms with E-state index in [0.29, 0.717) is 16.8 Å². The van der Waals surface area contributed by atoms with Gasteiger partial charge in [-0.2, -0.15) is 0 Å². The predicted octanol–water partition coefficient (Wildman–Crippen LogP) is 2.50. The Morgan fingerprint density at radius 2 is 1.85 bits per heavy atom. The van der Waals surface area contributed by atoms with Gasteiger partial charge in [-0.3, -0.25) is 4.79 Å². The highest BCUT2D eigenvalue weighted by molar-refractivity contribution is 7.80. The van der Waals surface area contributed by atoms with Crippen molar-refractivity contribution in [2.24, 2.45) is 0 Å². The number of Topliss-reactive ketones (excluding diaryl/α,β-unsaturated/α-hetero) is 1. The van der Waals surface area contributed by atoms with Gasteiger partial charge in [0.05, 0.1) is 24.4 Å². The average Bonchev–Trinajstić information content (AvgIpc) is 2.66. The average molecular weight is 370 g/mol. The van der Waals surface area contributed by atoms with E-state index in [4.69, 9.17) is 12.2 Å². The minimum atomic E-state index is -1.01. The molecule has 3 rings (SSSR count). The summed E-state index contributed by atoms with van der Waals surface area (Å²) in [4.78, 5) is 24.7. The number of hydrogen-bond donors (Lipinski definition) is 2. The van der Waals surface area contributed by atoms with Crippen LogP contribution in [0.1, 0.15) is 17.2 Å². The Labute approximate surface area is 154 Å². The van der Waals surface area contributed by atoms with E-state index in [1.54, 1.807) is 30.3 Å². The fourth-order valence-electron chi connectivity index (χ4n) is 2.78. The molecular weight excluding hydrogens is 355 g/mol. The van der Waals surface area contributed by atoms with Crippen molar-refractivity contribution < 1.29 is 18.7 Å². The van der Waals surface area contributed by atoms with Gasteiger partial charge in [-0.05, 0) is 35.5 Å². The maximum atomic E-state index is 13.7. The van der Waals surface area contributed by atoms with Crippen LogP contribution in [0.5, 0.6) is 0 Å². The molecule has 0 saturated carbocycles. The van der Waals surface area contributed by atoms with Crippen molar-refractivity contribution in [3.8, 4) is 0 Å². The number of benzene rings is 2. The quantitative estimate of drug-likeness (QED) is 0.490. The second kappa shape index (κ2) is 7.45. The van der Waals surface area contributed by atoms with Crippen LogP contribution in [0.4, 0.5) is 4.39 Å². The number of carbonyl (C=O) groups is 2. The molecule has 0 aromatic heterocycles. The minimum absolute atomic E-state index is 0.113. The number of esters is 1. The van der Waals surface area contributed by atoms with Crippen molar-refractivity contribution in [3.63, 3.8) is 0 Å². The Morgan fingerprint density at radius 1 is 1.12 bits per heavy atom. The van der Waals surface area contributed by atoms with Crippen LogP contribution in [-0.4, -0.2) is 24.0 Å². The van der Waals surface area contributed by atoms with Crippen molar-refractivity contribution in [1.82, 2.24) is 10.6 Å². The SMILES string of the molecule is COC(=O)C(=O)C1=C(c2ccccc2)NC(=S)N[C@H]1c1cccc(F)c1.